The molecule has 1 heterocycles. The zero-order valence-electron chi connectivity index (χ0n) is 9.49. The van der Waals surface area contributed by atoms with Gasteiger partial charge in [-0.05, 0) is 25.0 Å². The Labute approximate surface area is 102 Å². The third-order valence-corrected chi connectivity index (χ3v) is 3.28. The molecule has 0 spiro atoms. The molecular formula is C13H18ClNO. The summed E-state index contributed by atoms with van der Waals surface area (Å²) in [6.45, 7) is 0.589. The molecule has 1 aromatic rings. The van der Waals surface area contributed by atoms with Gasteiger partial charge in [-0.15, -0.1) is 0 Å². The van der Waals surface area contributed by atoms with E-state index in [2.05, 4.69) is 4.98 Å². The van der Waals surface area contributed by atoms with E-state index in [1.807, 2.05) is 6.07 Å². The quantitative estimate of drug-likeness (QED) is 0.745. The first-order valence-electron chi connectivity index (χ1n) is 6.06. The van der Waals surface area contributed by atoms with Crippen molar-refractivity contribution in [2.45, 2.75) is 51.2 Å². The predicted octanol–water partition coefficient (Wildman–Crippen LogP) is 3.97. The second-order valence-electron chi connectivity index (χ2n) is 4.39. The van der Waals surface area contributed by atoms with Gasteiger partial charge < -0.3 is 4.74 Å². The summed E-state index contributed by atoms with van der Waals surface area (Å²) in [7, 11) is 0. The molecule has 0 bridgehead atoms. The molecule has 0 amide bonds. The molecule has 1 fully saturated rings. The van der Waals surface area contributed by atoms with Gasteiger partial charge in [0.2, 0.25) is 0 Å². The van der Waals surface area contributed by atoms with Crippen LogP contribution in [-0.2, 0) is 11.3 Å². The minimum atomic E-state index is 0.420. The molecule has 88 valence electrons. The Kier molecular flexibility index (Phi) is 4.61. The van der Waals surface area contributed by atoms with E-state index < -0.39 is 0 Å². The molecule has 2 rings (SSSR count). The lowest BCUT2D eigenvalue weighted by molar-refractivity contribution is 0.0292. The smallest absolute Gasteiger partial charge is 0.0892 e. The first-order valence-corrected chi connectivity index (χ1v) is 6.44. The van der Waals surface area contributed by atoms with E-state index in [1.54, 1.807) is 12.3 Å². The number of rotatable bonds is 3. The number of hydrogen-bond acceptors (Lipinski definition) is 2. The van der Waals surface area contributed by atoms with Crippen LogP contribution in [0.25, 0.3) is 0 Å². The van der Waals surface area contributed by atoms with Crippen molar-refractivity contribution in [2.75, 3.05) is 0 Å². The third-order valence-electron chi connectivity index (χ3n) is 3.05. The molecule has 0 saturated heterocycles. The average molecular weight is 240 g/mol. The Balaban J connectivity index is 1.81. The maximum Gasteiger partial charge on any atom is 0.0892 e. The van der Waals surface area contributed by atoms with Crippen molar-refractivity contribution < 1.29 is 4.74 Å². The topological polar surface area (TPSA) is 22.1 Å². The summed E-state index contributed by atoms with van der Waals surface area (Å²) >= 11 is 5.90. The Hall–Kier alpha value is -0.600. The summed E-state index contributed by atoms with van der Waals surface area (Å²) in [6.07, 6.45) is 9.85. The van der Waals surface area contributed by atoms with Crippen LogP contribution < -0.4 is 0 Å². The highest BCUT2D eigenvalue weighted by Gasteiger charge is 2.12. The van der Waals surface area contributed by atoms with Crippen LogP contribution in [-0.4, -0.2) is 11.1 Å². The Morgan fingerprint density at radius 1 is 1.25 bits per heavy atom. The minimum absolute atomic E-state index is 0.420. The van der Waals surface area contributed by atoms with Gasteiger partial charge in [-0.1, -0.05) is 37.3 Å². The lowest BCUT2D eigenvalue weighted by atomic mass is 10.1. The highest BCUT2D eigenvalue weighted by Crippen LogP contribution is 2.20. The molecule has 1 aliphatic rings. The van der Waals surface area contributed by atoms with Gasteiger partial charge in [0, 0.05) is 11.2 Å². The number of aromatic nitrogens is 1. The summed E-state index contributed by atoms with van der Waals surface area (Å²) in [6, 6.07) is 3.66. The summed E-state index contributed by atoms with van der Waals surface area (Å²) in [5.74, 6) is 0. The van der Waals surface area contributed by atoms with Crippen LogP contribution >= 0.6 is 11.6 Å². The van der Waals surface area contributed by atoms with Gasteiger partial charge in [0.1, 0.15) is 0 Å². The molecule has 0 radical (unpaired) electrons. The average Bonchev–Trinajstić information content (AvgIpc) is 2.55. The van der Waals surface area contributed by atoms with Crippen molar-refractivity contribution in [3.63, 3.8) is 0 Å². The lowest BCUT2D eigenvalue weighted by Gasteiger charge is -2.14. The highest BCUT2D eigenvalue weighted by atomic mass is 35.5. The number of pyridine rings is 1. The number of nitrogens with zero attached hydrogens (tertiary/aromatic N) is 1. The molecule has 1 aromatic heterocycles. The van der Waals surface area contributed by atoms with Crippen LogP contribution in [0, 0.1) is 0 Å². The van der Waals surface area contributed by atoms with Crippen LogP contribution in [0.3, 0.4) is 0 Å². The summed E-state index contributed by atoms with van der Waals surface area (Å²) in [5.41, 5.74) is 0.928. The number of ether oxygens (including phenoxy) is 1. The highest BCUT2D eigenvalue weighted by molar-refractivity contribution is 6.30. The van der Waals surface area contributed by atoms with Crippen LogP contribution in [0.2, 0.25) is 5.02 Å². The van der Waals surface area contributed by atoms with E-state index in [4.69, 9.17) is 16.3 Å². The molecule has 3 heteroatoms. The fourth-order valence-electron chi connectivity index (χ4n) is 2.14. The second-order valence-corrected chi connectivity index (χ2v) is 4.83. The van der Waals surface area contributed by atoms with Gasteiger partial charge in [0.25, 0.3) is 0 Å². The number of hydrogen-bond donors (Lipinski definition) is 0. The fourth-order valence-corrected chi connectivity index (χ4v) is 2.32. The van der Waals surface area contributed by atoms with Gasteiger partial charge in [0.15, 0.2) is 0 Å². The molecule has 0 atom stereocenters. The van der Waals surface area contributed by atoms with Crippen molar-refractivity contribution in [2.24, 2.45) is 0 Å². The third kappa shape index (κ3) is 3.76. The normalized spacial score (nSPS) is 18.3. The molecule has 0 aromatic carbocycles. The van der Waals surface area contributed by atoms with E-state index in [-0.39, 0.29) is 0 Å². The van der Waals surface area contributed by atoms with Gasteiger partial charge in [-0.2, -0.15) is 0 Å². The Morgan fingerprint density at radius 2 is 2.00 bits per heavy atom. The van der Waals surface area contributed by atoms with Crippen molar-refractivity contribution in [1.29, 1.82) is 0 Å². The van der Waals surface area contributed by atoms with Gasteiger partial charge in [0.05, 0.1) is 18.4 Å². The van der Waals surface area contributed by atoms with Crippen LogP contribution in [0.5, 0.6) is 0 Å². The zero-order chi connectivity index (χ0) is 11.2. The Bertz CT molecular complexity index is 321. The molecular weight excluding hydrogens is 222 g/mol. The molecule has 0 unspecified atom stereocenters. The molecule has 0 N–H and O–H groups in total. The first kappa shape index (κ1) is 11.9. The standard InChI is InChI=1S/C13H18ClNO/c14-11-7-8-15-12(9-11)10-16-13-5-3-1-2-4-6-13/h7-9,13H,1-6,10H2. The van der Waals surface area contributed by atoms with E-state index in [1.165, 1.54) is 38.5 Å². The SMILES string of the molecule is Clc1ccnc(COC2CCCCCC2)c1. The second kappa shape index (κ2) is 6.21. The molecule has 16 heavy (non-hydrogen) atoms. The minimum Gasteiger partial charge on any atom is -0.372 e. The molecule has 0 aliphatic heterocycles. The maximum atomic E-state index is 5.90. The summed E-state index contributed by atoms with van der Waals surface area (Å²) < 4.78 is 5.88. The lowest BCUT2D eigenvalue weighted by Crippen LogP contribution is -2.11. The van der Waals surface area contributed by atoms with Crippen LogP contribution in [0.1, 0.15) is 44.2 Å². The largest absolute Gasteiger partial charge is 0.372 e. The van der Waals surface area contributed by atoms with Gasteiger partial charge in [-0.3, -0.25) is 4.98 Å². The monoisotopic (exact) mass is 239 g/mol. The molecule has 2 nitrogen and oxygen atoms in total. The van der Waals surface area contributed by atoms with Crippen LogP contribution in [0.4, 0.5) is 0 Å². The summed E-state index contributed by atoms with van der Waals surface area (Å²) in [5, 5.41) is 0.731. The molecule has 1 saturated carbocycles. The first-order chi connectivity index (χ1) is 7.84. The molecule has 1 aliphatic carbocycles. The Morgan fingerprint density at radius 3 is 2.69 bits per heavy atom. The number of halogens is 1. The predicted molar refractivity (Wildman–Crippen MR) is 65.5 cm³/mol. The van der Waals surface area contributed by atoms with E-state index in [0.29, 0.717) is 12.7 Å². The van der Waals surface area contributed by atoms with Gasteiger partial charge in [-0.25, -0.2) is 0 Å². The van der Waals surface area contributed by atoms with Crippen LogP contribution in [0.15, 0.2) is 18.3 Å². The van der Waals surface area contributed by atoms with E-state index in [0.717, 1.165) is 10.7 Å². The fraction of sp³-hybridized carbons (Fsp3) is 0.615. The zero-order valence-corrected chi connectivity index (χ0v) is 10.2. The van der Waals surface area contributed by atoms with E-state index >= 15 is 0 Å². The van der Waals surface area contributed by atoms with Crippen molar-refractivity contribution in [3.8, 4) is 0 Å². The summed E-state index contributed by atoms with van der Waals surface area (Å²) in [4.78, 5) is 4.24. The van der Waals surface area contributed by atoms with Crippen molar-refractivity contribution in [1.82, 2.24) is 4.98 Å². The van der Waals surface area contributed by atoms with Crippen molar-refractivity contribution in [3.05, 3.63) is 29.0 Å². The maximum absolute atomic E-state index is 5.90. The van der Waals surface area contributed by atoms with Gasteiger partial charge >= 0.3 is 0 Å². The van der Waals surface area contributed by atoms with E-state index in [9.17, 15) is 0 Å². The van der Waals surface area contributed by atoms with Crippen molar-refractivity contribution >= 4 is 11.6 Å².